The van der Waals surface area contributed by atoms with Gasteiger partial charge in [-0.1, -0.05) is 12.1 Å². The summed E-state index contributed by atoms with van der Waals surface area (Å²) in [5.74, 6) is -0.206. The fourth-order valence-electron chi connectivity index (χ4n) is 2.06. The third-order valence-electron chi connectivity index (χ3n) is 2.87. The molecule has 1 N–H and O–H groups in total. The third kappa shape index (κ3) is 2.21. The topological polar surface area (TPSA) is 37.3 Å². The quantitative estimate of drug-likeness (QED) is 0.882. The van der Waals surface area contributed by atoms with Gasteiger partial charge in [0.15, 0.2) is 0 Å². The number of hydrogen-bond donors (Lipinski definition) is 1. The zero-order chi connectivity index (χ0) is 11.6. The van der Waals surface area contributed by atoms with Crippen LogP contribution in [0.4, 0.5) is 4.39 Å². The Hall–Kier alpha value is -1.03. The zero-order valence-corrected chi connectivity index (χ0v) is 9.60. The van der Waals surface area contributed by atoms with Crippen LogP contribution in [0.2, 0.25) is 0 Å². The first-order valence-corrected chi connectivity index (χ1v) is 6.23. The summed E-state index contributed by atoms with van der Waals surface area (Å²) in [6.07, 6.45) is 2.00. The third-order valence-corrected chi connectivity index (χ3v) is 4.44. The molecule has 1 aliphatic rings. The second kappa shape index (κ2) is 4.45. The van der Waals surface area contributed by atoms with Crippen LogP contribution in [-0.4, -0.2) is 21.6 Å². The van der Waals surface area contributed by atoms with Crippen molar-refractivity contribution in [2.45, 2.75) is 24.0 Å². The number of thioether (sulfide) groups is 1. The van der Waals surface area contributed by atoms with Crippen molar-refractivity contribution in [2.24, 2.45) is 0 Å². The van der Waals surface area contributed by atoms with Gasteiger partial charge in [0, 0.05) is 0 Å². The van der Waals surface area contributed by atoms with E-state index in [0.29, 0.717) is 12.8 Å². The van der Waals surface area contributed by atoms with Gasteiger partial charge in [-0.3, -0.25) is 4.79 Å². The van der Waals surface area contributed by atoms with Crippen LogP contribution in [0, 0.1) is 5.82 Å². The second-order valence-corrected chi connectivity index (χ2v) is 5.54. The second-order valence-electron chi connectivity index (χ2n) is 4.06. The van der Waals surface area contributed by atoms with Crippen LogP contribution in [-0.2, 0) is 11.2 Å². The molecule has 0 saturated carbocycles. The predicted molar refractivity (Wildman–Crippen MR) is 62.2 cm³/mol. The Kier molecular flexibility index (Phi) is 3.19. The molecule has 2 rings (SSSR count). The molecule has 0 amide bonds. The van der Waals surface area contributed by atoms with E-state index in [4.69, 9.17) is 0 Å². The van der Waals surface area contributed by atoms with E-state index in [-0.39, 0.29) is 5.82 Å². The van der Waals surface area contributed by atoms with Crippen molar-refractivity contribution in [2.75, 3.05) is 5.75 Å². The molecule has 16 heavy (non-hydrogen) atoms. The van der Waals surface area contributed by atoms with Gasteiger partial charge in [-0.05, 0) is 42.7 Å². The Bertz CT molecular complexity index is 400. The largest absolute Gasteiger partial charge is 0.480 e. The van der Waals surface area contributed by atoms with Gasteiger partial charge >= 0.3 is 5.97 Å². The molecule has 1 aromatic carbocycles. The van der Waals surface area contributed by atoms with Crippen molar-refractivity contribution < 1.29 is 14.3 Å². The van der Waals surface area contributed by atoms with Crippen molar-refractivity contribution >= 4 is 17.7 Å². The lowest BCUT2D eigenvalue weighted by molar-refractivity contribution is -0.139. The average Bonchev–Trinajstić information content (AvgIpc) is 2.67. The molecule has 1 heterocycles. The minimum absolute atomic E-state index is 0.305. The molecule has 0 aliphatic carbocycles. The maximum atomic E-state index is 13.0. The molecule has 0 bridgehead atoms. The number of carboxylic acid groups (broad SMARTS) is 1. The maximum Gasteiger partial charge on any atom is 0.320 e. The first-order valence-electron chi connectivity index (χ1n) is 5.24. The standard InChI is InChI=1S/C12H13FO2S/c13-10-4-1-3-9(7-10)8-12(11(14)15)5-2-6-16-12/h1,3-4,7H,2,5-6,8H2,(H,14,15). The van der Waals surface area contributed by atoms with Gasteiger partial charge < -0.3 is 5.11 Å². The molecule has 1 fully saturated rings. The normalized spacial score (nSPS) is 24.6. The number of rotatable bonds is 3. The van der Waals surface area contributed by atoms with E-state index >= 15 is 0 Å². The Balaban J connectivity index is 2.21. The molecule has 1 saturated heterocycles. The molecule has 1 aliphatic heterocycles. The smallest absolute Gasteiger partial charge is 0.320 e. The molecule has 0 aromatic heterocycles. The van der Waals surface area contributed by atoms with Crippen molar-refractivity contribution in [1.82, 2.24) is 0 Å². The SMILES string of the molecule is O=C(O)C1(Cc2cccc(F)c2)CCCS1. The van der Waals surface area contributed by atoms with Gasteiger partial charge in [-0.15, -0.1) is 11.8 Å². The average molecular weight is 240 g/mol. The minimum atomic E-state index is -0.778. The van der Waals surface area contributed by atoms with Crippen LogP contribution >= 0.6 is 11.8 Å². The van der Waals surface area contributed by atoms with Crippen molar-refractivity contribution in [3.8, 4) is 0 Å². The van der Waals surface area contributed by atoms with E-state index in [1.165, 1.54) is 23.9 Å². The number of benzene rings is 1. The Labute approximate surface area is 97.9 Å². The van der Waals surface area contributed by atoms with Crippen LogP contribution in [0.25, 0.3) is 0 Å². The van der Waals surface area contributed by atoms with Gasteiger partial charge in [0.25, 0.3) is 0 Å². The van der Waals surface area contributed by atoms with Gasteiger partial charge in [0.05, 0.1) is 0 Å². The van der Waals surface area contributed by atoms with Crippen LogP contribution in [0.3, 0.4) is 0 Å². The lowest BCUT2D eigenvalue weighted by Crippen LogP contribution is -2.34. The monoisotopic (exact) mass is 240 g/mol. The fraction of sp³-hybridized carbons (Fsp3) is 0.417. The van der Waals surface area contributed by atoms with Crippen LogP contribution < -0.4 is 0 Å². The summed E-state index contributed by atoms with van der Waals surface area (Å²) < 4.78 is 12.3. The minimum Gasteiger partial charge on any atom is -0.480 e. The number of aliphatic carboxylic acids is 1. The molecule has 0 radical (unpaired) electrons. The summed E-state index contributed by atoms with van der Waals surface area (Å²) in [5.41, 5.74) is 0.761. The molecule has 2 nitrogen and oxygen atoms in total. The van der Waals surface area contributed by atoms with Gasteiger partial charge in [-0.2, -0.15) is 0 Å². The Morgan fingerprint density at radius 3 is 2.94 bits per heavy atom. The molecule has 4 heteroatoms. The van der Waals surface area contributed by atoms with E-state index < -0.39 is 10.7 Å². The Morgan fingerprint density at radius 2 is 2.38 bits per heavy atom. The fourth-order valence-corrected chi connectivity index (χ4v) is 3.42. The van der Waals surface area contributed by atoms with Crippen molar-refractivity contribution in [3.63, 3.8) is 0 Å². The molecule has 1 unspecified atom stereocenters. The molecular formula is C12H13FO2S. The predicted octanol–water partition coefficient (Wildman–Crippen LogP) is 2.72. The number of carboxylic acids is 1. The maximum absolute atomic E-state index is 13.0. The van der Waals surface area contributed by atoms with Gasteiger partial charge in [-0.25, -0.2) is 4.39 Å². The molecular weight excluding hydrogens is 227 g/mol. The van der Waals surface area contributed by atoms with E-state index in [1.807, 2.05) is 0 Å². The number of carbonyl (C=O) groups is 1. The summed E-state index contributed by atoms with van der Waals surface area (Å²) in [5, 5.41) is 9.28. The highest BCUT2D eigenvalue weighted by atomic mass is 32.2. The van der Waals surface area contributed by atoms with Crippen LogP contribution in [0.1, 0.15) is 18.4 Å². The van der Waals surface area contributed by atoms with Gasteiger partial charge in [0.2, 0.25) is 0 Å². The first-order chi connectivity index (χ1) is 7.62. The molecule has 0 spiro atoms. The number of hydrogen-bond acceptors (Lipinski definition) is 2. The summed E-state index contributed by atoms with van der Waals surface area (Å²) in [7, 11) is 0. The van der Waals surface area contributed by atoms with E-state index in [1.54, 1.807) is 12.1 Å². The van der Waals surface area contributed by atoms with Crippen LogP contribution in [0.15, 0.2) is 24.3 Å². The summed E-state index contributed by atoms with van der Waals surface area (Å²) >= 11 is 1.48. The van der Waals surface area contributed by atoms with Gasteiger partial charge in [0.1, 0.15) is 10.6 Å². The highest BCUT2D eigenvalue weighted by molar-refractivity contribution is 8.01. The van der Waals surface area contributed by atoms with E-state index in [9.17, 15) is 14.3 Å². The summed E-state index contributed by atoms with van der Waals surface area (Å²) in [4.78, 5) is 11.3. The molecule has 86 valence electrons. The lowest BCUT2D eigenvalue weighted by Gasteiger charge is -2.22. The van der Waals surface area contributed by atoms with E-state index in [2.05, 4.69) is 0 Å². The van der Waals surface area contributed by atoms with Crippen molar-refractivity contribution in [3.05, 3.63) is 35.6 Å². The molecule has 1 aromatic rings. The zero-order valence-electron chi connectivity index (χ0n) is 8.78. The highest BCUT2D eigenvalue weighted by Gasteiger charge is 2.42. The van der Waals surface area contributed by atoms with E-state index in [0.717, 1.165) is 17.7 Å². The summed E-state index contributed by atoms with van der Waals surface area (Å²) in [6.45, 7) is 0. The number of halogens is 1. The Morgan fingerprint density at radius 1 is 1.56 bits per heavy atom. The molecule has 1 atom stereocenters. The van der Waals surface area contributed by atoms with Crippen LogP contribution in [0.5, 0.6) is 0 Å². The lowest BCUT2D eigenvalue weighted by atomic mass is 9.94. The summed E-state index contributed by atoms with van der Waals surface area (Å²) in [6, 6.07) is 6.20. The highest BCUT2D eigenvalue weighted by Crippen LogP contribution is 2.41. The van der Waals surface area contributed by atoms with Crippen molar-refractivity contribution in [1.29, 1.82) is 0 Å². The first kappa shape index (κ1) is 11.5.